The largest absolute Gasteiger partial charge is 0.355 e. The lowest BCUT2D eigenvalue weighted by atomic mass is 10.1. The van der Waals surface area contributed by atoms with Crippen molar-refractivity contribution in [3.63, 3.8) is 0 Å². The highest BCUT2D eigenvalue weighted by molar-refractivity contribution is 6.03. The van der Waals surface area contributed by atoms with Crippen LogP contribution in [0.3, 0.4) is 0 Å². The molecule has 0 bridgehead atoms. The van der Waals surface area contributed by atoms with Crippen LogP contribution in [0.25, 0.3) is 11.3 Å². The van der Waals surface area contributed by atoms with E-state index in [2.05, 4.69) is 17.4 Å². The van der Waals surface area contributed by atoms with Crippen molar-refractivity contribution in [3.8, 4) is 11.3 Å². The van der Waals surface area contributed by atoms with Gasteiger partial charge >= 0.3 is 0 Å². The zero-order chi connectivity index (χ0) is 15.4. The van der Waals surface area contributed by atoms with Crippen molar-refractivity contribution < 1.29 is 9.32 Å². The number of nitrogens with one attached hydrogen (secondary N) is 1. The quantitative estimate of drug-likeness (QED) is 0.785. The molecule has 0 spiro atoms. The summed E-state index contributed by atoms with van der Waals surface area (Å²) in [6.07, 6.45) is 0.922. The molecule has 0 aliphatic heterocycles. The third-order valence-corrected chi connectivity index (χ3v) is 3.39. The Hall–Kier alpha value is -2.88. The van der Waals surface area contributed by atoms with Crippen molar-refractivity contribution >= 4 is 11.6 Å². The molecule has 1 N–H and O–H groups in total. The van der Waals surface area contributed by atoms with E-state index in [0.717, 1.165) is 17.7 Å². The predicted molar refractivity (Wildman–Crippen MR) is 85.7 cm³/mol. The van der Waals surface area contributed by atoms with Crippen LogP contribution in [0.1, 0.15) is 23.0 Å². The summed E-state index contributed by atoms with van der Waals surface area (Å²) in [5, 5.41) is 6.68. The topological polar surface area (TPSA) is 55.1 Å². The lowest BCUT2D eigenvalue weighted by molar-refractivity contribution is 0.101. The minimum Gasteiger partial charge on any atom is -0.355 e. The summed E-state index contributed by atoms with van der Waals surface area (Å²) in [4.78, 5) is 12.2. The van der Waals surface area contributed by atoms with E-state index >= 15 is 0 Å². The zero-order valence-electron chi connectivity index (χ0n) is 12.2. The van der Waals surface area contributed by atoms with E-state index in [4.69, 9.17) is 4.52 Å². The Morgan fingerprint density at radius 3 is 2.68 bits per heavy atom. The van der Waals surface area contributed by atoms with Gasteiger partial charge in [-0.2, -0.15) is 0 Å². The van der Waals surface area contributed by atoms with E-state index < -0.39 is 0 Å². The van der Waals surface area contributed by atoms with E-state index in [1.807, 2.05) is 54.6 Å². The van der Waals surface area contributed by atoms with E-state index in [0.29, 0.717) is 5.76 Å². The fraction of sp³-hybridized carbons (Fsp3) is 0.111. The molecule has 2 aromatic carbocycles. The molecular formula is C18H16N2O2. The van der Waals surface area contributed by atoms with E-state index in [1.165, 1.54) is 5.56 Å². The van der Waals surface area contributed by atoms with Gasteiger partial charge in [-0.25, -0.2) is 0 Å². The van der Waals surface area contributed by atoms with Crippen LogP contribution in [-0.2, 0) is 6.42 Å². The standard InChI is InChI=1S/C18H16N2O2/c1-2-13-7-6-10-15(11-13)19-18(21)16-12-17(22-20-16)14-8-4-3-5-9-14/h3-12H,2H2,1H3,(H,19,21). The lowest BCUT2D eigenvalue weighted by Crippen LogP contribution is -2.12. The predicted octanol–water partition coefficient (Wildman–Crippen LogP) is 4.16. The van der Waals surface area contributed by atoms with Gasteiger partial charge in [0.1, 0.15) is 0 Å². The number of benzene rings is 2. The number of rotatable bonds is 4. The first-order chi connectivity index (χ1) is 10.8. The highest BCUT2D eigenvalue weighted by Crippen LogP contribution is 2.20. The van der Waals surface area contributed by atoms with Crippen LogP contribution in [-0.4, -0.2) is 11.1 Å². The van der Waals surface area contributed by atoms with Gasteiger partial charge in [0, 0.05) is 17.3 Å². The van der Waals surface area contributed by atoms with Gasteiger partial charge in [-0.05, 0) is 24.1 Å². The Morgan fingerprint density at radius 1 is 1.09 bits per heavy atom. The minimum absolute atomic E-state index is 0.265. The van der Waals surface area contributed by atoms with Crippen molar-refractivity contribution in [2.24, 2.45) is 0 Å². The highest BCUT2D eigenvalue weighted by Gasteiger charge is 2.13. The fourth-order valence-corrected chi connectivity index (χ4v) is 2.18. The molecule has 0 unspecified atom stereocenters. The average Bonchev–Trinajstić information content (AvgIpc) is 3.06. The number of aryl methyl sites for hydroxylation is 1. The number of carbonyl (C=O) groups excluding carboxylic acids is 1. The first kappa shape index (κ1) is 14.1. The molecule has 4 heteroatoms. The van der Waals surface area contributed by atoms with Crippen LogP contribution < -0.4 is 5.32 Å². The molecule has 0 aliphatic carbocycles. The van der Waals surface area contributed by atoms with Crippen molar-refractivity contribution in [2.75, 3.05) is 5.32 Å². The van der Waals surface area contributed by atoms with E-state index in [1.54, 1.807) is 6.07 Å². The molecule has 0 saturated carbocycles. The van der Waals surface area contributed by atoms with Gasteiger partial charge in [0.05, 0.1) is 0 Å². The summed E-state index contributed by atoms with van der Waals surface area (Å²) in [6, 6.07) is 19.0. The second-order valence-electron chi connectivity index (χ2n) is 4.95. The van der Waals surface area contributed by atoms with Crippen LogP contribution in [0, 0.1) is 0 Å². The number of carbonyl (C=O) groups is 1. The van der Waals surface area contributed by atoms with Gasteiger partial charge in [-0.3, -0.25) is 4.79 Å². The number of nitrogens with zero attached hydrogens (tertiary/aromatic N) is 1. The van der Waals surface area contributed by atoms with Crippen LogP contribution >= 0.6 is 0 Å². The third-order valence-electron chi connectivity index (χ3n) is 3.39. The summed E-state index contributed by atoms with van der Waals surface area (Å²) in [5.74, 6) is 0.298. The van der Waals surface area contributed by atoms with Gasteiger partial charge < -0.3 is 9.84 Å². The zero-order valence-corrected chi connectivity index (χ0v) is 12.2. The lowest BCUT2D eigenvalue weighted by Gasteiger charge is -2.04. The molecule has 3 aromatic rings. The fourth-order valence-electron chi connectivity index (χ4n) is 2.18. The second-order valence-corrected chi connectivity index (χ2v) is 4.95. The summed E-state index contributed by atoms with van der Waals surface area (Å²) >= 11 is 0. The molecule has 0 radical (unpaired) electrons. The van der Waals surface area contributed by atoms with Crippen LogP contribution in [0.15, 0.2) is 65.2 Å². The van der Waals surface area contributed by atoms with Crippen molar-refractivity contribution in [1.29, 1.82) is 0 Å². The minimum atomic E-state index is -0.279. The van der Waals surface area contributed by atoms with Gasteiger partial charge in [0.2, 0.25) is 0 Å². The SMILES string of the molecule is CCc1cccc(NC(=O)c2cc(-c3ccccc3)on2)c1. The van der Waals surface area contributed by atoms with Crippen molar-refractivity contribution in [1.82, 2.24) is 5.16 Å². The molecule has 0 saturated heterocycles. The Bertz CT molecular complexity index is 779. The molecule has 0 aliphatic rings. The Morgan fingerprint density at radius 2 is 1.91 bits per heavy atom. The summed E-state index contributed by atoms with van der Waals surface area (Å²) < 4.78 is 5.24. The molecule has 110 valence electrons. The second kappa shape index (κ2) is 6.26. The normalized spacial score (nSPS) is 10.4. The maximum absolute atomic E-state index is 12.2. The molecule has 1 aromatic heterocycles. The number of anilines is 1. The first-order valence-electron chi connectivity index (χ1n) is 7.18. The van der Waals surface area contributed by atoms with E-state index in [-0.39, 0.29) is 11.6 Å². The van der Waals surface area contributed by atoms with Gasteiger partial charge in [0.15, 0.2) is 11.5 Å². The Kier molecular flexibility index (Phi) is 4.01. The maximum atomic E-state index is 12.2. The van der Waals surface area contributed by atoms with E-state index in [9.17, 15) is 4.79 Å². The van der Waals surface area contributed by atoms with Gasteiger partial charge in [-0.15, -0.1) is 0 Å². The number of amides is 1. The molecule has 0 fully saturated rings. The monoisotopic (exact) mass is 292 g/mol. The average molecular weight is 292 g/mol. The summed E-state index contributed by atoms with van der Waals surface area (Å²) in [5.41, 5.74) is 3.08. The Labute approximate surface area is 128 Å². The summed E-state index contributed by atoms with van der Waals surface area (Å²) in [7, 11) is 0. The molecule has 22 heavy (non-hydrogen) atoms. The van der Waals surface area contributed by atoms with Crippen LogP contribution in [0.2, 0.25) is 0 Å². The van der Waals surface area contributed by atoms with Crippen molar-refractivity contribution in [2.45, 2.75) is 13.3 Å². The molecule has 1 amide bonds. The van der Waals surface area contributed by atoms with Crippen molar-refractivity contribution in [3.05, 3.63) is 71.9 Å². The maximum Gasteiger partial charge on any atom is 0.277 e. The van der Waals surface area contributed by atoms with Gasteiger partial charge in [0.25, 0.3) is 5.91 Å². The molecular weight excluding hydrogens is 276 g/mol. The van der Waals surface area contributed by atoms with Crippen LogP contribution in [0.5, 0.6) is 0 Å². The smallest absolute Gasteiger partial charge is 0.277 e. The first-order valence-corrected chi connectivity index (χ1v) is 7.18. The third kappa shape index (κ3) is 3.06. The number of aromatic nitrogens is 1. The number of hydrogen-bond acceptors (Lipinski definition) is 3. The van der Waals surface area contributed by atoms with Gasteiger partial charge in [-0.1, -0.05) is 54.5 Å². The van der Waals surface area contributed by atoms with Crippen LogP contribution in [0.4, 0.5) is 5.69 Å². The number of hydrogen-bond donors (Lipinski definition) is 1. The molecule has 0 atom stereocenters. The molecule has 3 rings (SSSR count). The molecule has 1 heterocycles. The molecule has 4 nitrogen and oxygen atoms in total. The Balaban J connectivity index is 1.77. The highest BCUT2D eigenvalue weighted by atomic mass is 16.5. The summed E-state index contributed by atoms with van der Waals surface area (Å²) in [6.45, 7) is 2.07.